The lowest BCUT2D eigenvalue weighted by Gasteiger charge is -2.12. The molecule has 27 heavy (non-hydrogen) atoms. The second-order valence-electron chi connectivity index (χ2n) is 5.65. The molecule has 1 amide bonds. The minimum Gasteiger partial charge on any atom is -0.442 e. The first kappa shape index (κ1) is 17.8. The van der Waals surface area contributed by atoms with Crippen molar-refractivity contribution in [2.24, 2.45) is 0 Å². The van der Waals surface area contributed by atoms with Gasteiger partial charge in [-0.2, -0.15) is 5.26 Å². The molecule has 0 unspecified atom stereocenters. The first-order chi connectivity index (χ1) is 13.0. The number of hydrogen-bond donors (Lipinski definition) is 3. The predicted octanol–water partition coefficient (Wildman–Crippen LogP) is 2.75. The van der Waals surface area contributed by atoms with E-state index >= 15 is 0 Å². The number of nitrogens with one attached hydrogen (secondary N) is 2. The van der Waals surface area contributed by atoms with Gasteiger partial charge in [-0.25, -0.2) is 9.97 Å². The number of aromatic nitrogens is 2. The number of nitriles is 1. The van der Waals surface area contributed by atoms with Gasteiger partial charge < -0.3 is 15.5 Å². The minimum atomic E-state index is -0.368. The highest BCUT2D eigenvalue weighted by Gasteiger charge is 2.17. The number of pyridine rings is 1. The van der Waals surface area contributed by atoms with Gasteiger partial charge in [0.2, 0.25) is 0 Å². The molecule has 0 aliphatic carbocycles. The van der Waals surface area contributed by atoms with Crippen molar-refractivity contribution < 1.29 is 9.21 Å². The van der Waals surface area contributed by atoms with E-state index in [0.29, 0.717) is 34.5 Å². The molecule has 0 atom stereocenters. The molecule has 0 aliphatic heterocycles. The molecule has 4 N–H and O–H groups in total. The summed E-state index contributed by atoms with van der Waals surface area (Å²) in [7, 11) is 0. The fourth-order valence-electron chi connectivity index (χ4n) is 2.68. The van der Waals surface area contributed by atoms with E-state index in [2.05, 4.69) is 15.3 Å². The zero-order valence-corrected chi connectivity index (χ0v) is 14.5. The molecule has 0 fully saturated rings. The number of oxazole rings is 1. The average Bonchev–Trinajstić information content (AvgIpc) is 3.22. The lowest BCUT2D eigenvalue weighted by molar-refractivity contribution is 0.102. The summed E-state index contributed by atoms with van der Waals surface area (Å²) in [5.74, 6) is -0.0982. The number of nitrogen functional groups attached to an aromatic ring is 1. The summed E-state index contributed by atoms with van der Waals surface area (Å²) in [4.78, 5) is 20.5. The molecule has 0 saturated heterocycles. The van der Waals surface area contributed by atoms with Gasteiger partial charge >= 0.3 is 0 Å². The molecule has 8 heteroatoms. The Morgan fingerprint density at radius 2 is 2.19 bits per heavy atom. The Bertz CT molecular complexity index is 1050. The van der Waals surface area contributed by atoms with Crippen LogP contribution in [0.3, 0.4) is 0 Å². The molecule has 3 rings (SSSR count). The summed E-state index contributed by atoms with van der Waals surface area (Å²) >= 11 is 0. The van der Waals surface area contributed by atoms with Gasteiger partial charge in [0.15, 0.2) is 12.2 Å². The third-order valence-corrected chi connectivity index (χ3v) is 4.02. The number of nitrogens with zero attached hydrogens (tertiary/aromatic N) is 3. The molecule has 0 aliphatic rings. The molecular weight excluding hydrogens is 344 g/mol. The third kappa shape index (κ3) is 3.52. The van der Waals surface area contributed by atoms with Crippen LogP contribution in [0.4, 0.5) is 11.4 Å². The number of amides is 1. The topological polar surface area (TPSA) is 142 Å². The summed E-state index contributed by atoms with van der Waals surface area (Å²) in [5.41, 5.74) is 8.47. The maximum Gasteiger partial charge on any atom is 0.256 e. The van der Waals surface area contributed by atoms with E-state index in [-0.39, 0.29) is 23.1 Å². The highest BCUT2D eigenvalue weighted by molar-refractivity contribution is 6.13. The van der Waals surface area contributed by atoms with Gasteiger partial charge in [0.1, 0.15) is 17.5 Å². The van der Waals surface area contributed by atoms with E-state index in [0.717, 1.165) is 0 Å². The monoisotopic (exact) mass is 360 g/mol. The quantitative estimate of drug-likeness (QED) is 0.472. The second-order valence-corrected chi connectivity index (χ2v) is 5.65. The van der Waals surface area contributed by atoms with Crippen LogP contribution in [0.1, 0.15) is 39.9 Å². The van der Waals surface area contributed by atoms with Gasteiger partial charge in [-0.3, -0.25) is 10.2 Å². The molecule has 134 valence electrons. The van der Waals surface area contributed by atoms with Crippen molar-refractivity contribution in [3.05, 3.63) is 71.2 Å². The van der Waals surface area contributed by atoms with Gasteiger partial charge in [0.25, 0.3) is 5.91 Å². The maximum absolute atomic E-state index is 12.7. The Labute approximate surface area is 155 Å². The van der Waals surface area contributed by atoms with Crippen molar-refractivity contribution in [2.45, 2.75) is 13.3 Å². The van der Waals surface area contributed by atoms with Crippen molar-refractivity contribution in [3.8, 4) is 6.07 Å². The van der Waals surface area contributed by atoms with Gasteiger partial charge in [-0.1, -0.05) is 6.92 Å². The molecule has 2 heterocycles. The highest BCUT2D eigenvalue weighted by Crippen LogP contribution is 2.22. The summed E-state index contributed by atoms with van der Waals surface area (Å²) in [5, 5.41) is 20.2. The second kappa shape index (κ2) is 7.49. The number of rotatable bonds is 5. The lowest BCUT2D eigenvalue weighted by atomic mass is 10.0. The number of anilines is 2. The molecule has 0 spiro atoms. The Kier molecular flexibility index (Phi) is 4.95. The van der Waals surface area contributed by atoms with E-state index in [4.69, 9.17) is 20.8 Å². The molecule has 1 aromatic carbocycles. The van der Waals surface area contributed by atoms with Gasteiger partial charge in [-0.15, -0.1) is 0 Å². The lowest BCUT2D eigenvalue weighted by Crippen LogP contribution is -2.16. The first-order valence-electron chi connectivity index (χ1n) is 8.11. The average molecular weight is 360 g/mol. The van der Waals surface area contributed by atoms with Gasteiger partial charge in [-0.05, 0) is 30.7 Å². The molecule has 0 bridgehead atoms. The fourth-order valence-corrected chi connectivity index (χ4v) is 2.68. The van der Waals surface area contributed by atoms with Crippen LogP contribution in [0.15, 0.2) is 47.5 Å². The molecule has 2 aromatic heterocycles. The summed E-state index contributed by atoms with van der Waals surface area (Å²) < 4.78 is 5.13. The van der Waals surface area contributed by atoms with Crippen LogP contribution in [0.2, 0.25) is 0 Å². The van der Waals surface area contributed by atoms with Gasteiger partial charge in [0, 0.05) is 34.3 Å². The molecule has 8 nitrogen and oxygen atoms in total. The molecule has 0 saturated carbocycles. The van der Waals surface area contributed by atoms with E-state index in [1.807, 2.05) is 13.0 Å². The van der Waals surface area contributed by atoms with Crippen LogP contribution < -0.4 is 11.1 Å². The van der Waals surface area contributed by atoms with Crippen LogP contribution in [-0.4, -0.2) is 21.6 Å². The van der Waals surface area contributed by atoms with Crippen LogP contribution >= 0.6 is 0 Å². The van der Waals surface area contributed by atoms with Crippen LogP contribution in [-0.2, 0) is 6.42 Å². The normalized spacial score (nSPS) is 10.2. The van der Waals surface area contributed by atoms with Crippen molar-refractivity contribution in [1.82, 2.24) is 9.97 Å². The minimum absolute atomic E-state index is 0.0611. The number of carbonyl (C=O) groups is 1. The van der Waals surface area contributed by atoms with E-state index in [1.165, 1.54) is 18.8 Å². The van der Waals surface area contributed by atoms with E-state index < -0.39 is 0 Å². The predicted molar refractivity (Wildman–Crippen MR) is 99.6 cm³/mol. The molecular formula is C19H16N6O2. The Hall–Kier alpha value is -3.99. The molecule has 3 aromatic rings. The Balaban J connectivity index is 1.91. The number of carbonyl (C=O) groups excluding carboxylic acids is 1. The van der Waals surface area contributed by atoms with Crippen molar-refractivity contribution >= 4 is 23.0 Å². The van der Waals surface area contributed by atoms with E-state index in [9.17, 15) is 4.79 Å². The SMILES string of the molecule is CCc1c(C(=O)Nc2ccc(N)c(C(=N)c3cnco3)c2)ccnc1C#N. The first-order valence-corrected chi connectivity index (χ1v) is 8.11. The smallest absolute Gasteiger partial charge is 0.256 e. The van der Waals surface area contributed by atoms with Crippen LogP contribution in [0, 0.1) is 16.7 Å². The van der Waals surface area contributed by atoms with Crippen molar-refractivity contribution in [1.29, 1.82) is 10.7 Å². The maximum atomic E-state index is 12.7. The zero-order chi connectivity index (χ0) is 19.4. The van der Waals surface area contributed by atoms with Gasteiger partial charge in [0.05, 0.1) is 6.20 Å². The van der Waals surface area contributed by atoms with E-state index in [1.54, 1.807) is 24.3 Å². The summed E-state index contributed by atoms with van der Waals surface area (Å²) in [6.45, 7) is 1.86. The fraction of sp³-hybridized carbons (Fsp3) is 0.105. The summed E-state index contributed by atoms with van der Waals surface area (Å²) in [6.07, 6.45) is 4.58. The summed E-state index contributed by atoms with van der Waals surface area (Å²) in [6, 6.07) is 8.41. The van der Waals surface area contributed by atoms with Crippen LogP contribution in [0.5, 0.6) is 0 Å². The number of benzene rings is 1. The number of nitrogens with two attached hydrogens (primary N) is 1. The third-order valence-electron chi connectivity index (χ3n) is 4.02. The largest absolute Gasteiger partial charge is 0.442 e. The van der Waals surface area contributed by atoms with Crippen LogP contribution in [0.25, 0.3) is 0 Å². The number of hydrogen-bond acceptors (Lipinski definition) is 7. The zero-order valence-electron chi connectivity index (χ0n) is 14.5. The molecule has 0 radical (unpaired) electrons. The highest BCUT2D eigenvalue weighted by atomic mass is 16.3. The standard InChI is InChI=1S/C19H16N6O2/c1-2-12-13(5-6-24-16(12)8-20)19(26)25-11-3-4-15(21)14(7-11)18(22)17-9-23-10-27-17/h3-7,9-10,22H,2,21H2,1H3,(H,25,26). The van der Waals surface area contributed by atoms with Crippen molar-refractivity contribution in [3.63, 3.8) is 0 Å². The van der Waals surface area contributed by atoms with Crippen molar-refractivity contribution in [2.75, 3.05) is 11.1 Å². The Morgan fingerprint density at radius 3 is 2.85 bits per heavy atom. The Morgan fingerprint density at radius 1 is 1.37 bits per heavy atom.